The van der Waals surface area contributed by atoms with Crippen molar-refractivity contribution < 1.29 is 20.1 Å². The van der Waals surface area contributed by atoms with Crippen molar-refractivity contribution in [1.82, 2.24) is 0 Å². The summed E-state index contributed by atoms with van der Waals surface area (Å²) in [4.78, 5) is 10.4. The minimum absolute atomic E-state index is 0.155. The number of carboxylic acid groups (broad SMARTS) is 1. The quantitative estimate of drug-likeness (QED) is 0.304. The fourth-order valence-electron chi connectivity index (χ4n) is 3.04. The van der Waals surface area contributed by atoms with Gasteiger partial charge in [0.25, 0.3) is 0 Å². The Bertz CT molecular complexity index is 281. The van der Waals surface area contributed by atoms with E-state index >= 15 is 0 Å². The fourth-order valence-corrected chi connectivity index (χ4v) is 3.04. The summed E-state index contributed by atoms with van der Waals surface area (Å²) in [6, 6.07) is 0. The fraction of sp³-hybridized carbons (Fsp3) is 0.950. The summed E-state index contributed by atoms with van der Waals surface area (Å²) in [5.41, 5.74) is 0. The lowest BCUT2D eigenvalue weighted by molar-refractivity contribution is -0.137. The molecule has 0 saturated heterocycles. The summed E-state index contributed by atoms with van der Waals surface area (Å²) in [6.07, 6.45) is 15.2. The molecule has 0 aliphatic rings. The first-order valence-corrected chi connectivity index (χ1v) is 10.1. The van der Waals surface area contributed by atoms with E-state index in [2.05, 4.69) is 6.92 Å². The highest BCUT2D eigenvalue weighted by molar-refractivity contribution is 5.66. The molecule has 0 fully saturated rings. The molecule has 3 N–H and O–H groups in total. The van der Waals surface area contributed by atoms with E-state index in [-0.39, 0.29) is 18.6 Å². The number of carboxylic acids is 1. The molecule has 0 rings (SSSR count). The predicted octanol–water partition coefficient (Wildman–Crippen LogP) is 5.05. The first-order valence-electron chi connectivity index (χ1n) is 10.1. The van der Waals surface area contributed by atoms with Crippen LogP contribution in [0.2, 0.25) is 0 Å². The van der Waals surface area contributed by atoms with Gasteiger partial charge >= 0.3 is 5.97 Å². The van der Waals surface area contributed by atoms with Crippen LogP contribution < -0.4 is 0 Å². The number of unbranched alkanes of at least 4 members (excludes halogenated alkanes) is 8. The Morgan fingerprint density at radius 2 is 1.04 bits per heavy atom. The molecule has 0 amide bonds. The predicted molar refractivity (Wildman–Crippen MR) is 99.2 cm³/mol. The van der Waals surface area contributed by atoms with E-state index in [1.165, 1.54) is 32.1 Å². The van der Waals surface area contributed by atoms with Crippen molar-refractivity contribution in [1.29, 1.82) is 0 Å². The van der Waals surface area contributed by atoms with E-state index < -0.39 is 5.97 Å². The normalized spacial score (nSPS) is 13.8. The average Bonchev–Trinajstić information content (AvgIpc) is 2.54. The molecular weight excluding hydrogens is 304 g/mol. The molecule has 0 spiro atoms. The molecule has 4 heteroatoms. The minimum Gasteiger partial charge on any atom is -0.481 e. The summed E-state index contributed by atoms with van der Waals surface area (Å²) in [5.74, 6) is -0.760. The van der Waals surface area contributed by atoms with Crippen molar-refractivity contribution in [3.63, 3.8) is 0 Å². The first kappa shape index (κ1) is 23.4. The van der Waals surface area contributed by atoms with Crippen LogP contribution in [0.5, 0.6) is 0 Å². The molecule has 2 atom stereocenters. The van der Waals surface area contributed by atoms with Gasteiger partial charge in [-0.25, -0.2) is 0 Å². The van der Waals surface area contributed by atoms with Gasteiger partial charge in [0, 0.05) is 6.42 Å². The smallest absolute Gasteiger partial charge is 0.303 e. The van der Waals surface area contributed by atoms with Crippen LogP contribution in [0.1, 0.15) is 110 Å². The Balaban J connectivity index is 3.31. The van der Waals surface area contributed by atoms with Gasteiger partial charge in [0.15, 0.2) is 0 Å². The molecule has 0 radical (unpaired) electrons. The van der Waals surface area contributed by atoms with Crippen LogP contribution >= 0.6 is 0 Å². The summed E-state index contributed by atoms with van der Waals surface area (Å²) in [7, 11) is 0. The number of rotatable bonds is 18. The molecule has 0 saturated carbocycles. The number of hydrogen-bond donors (Lipinski definition) is 3. The largest absolute Gasteiger partial charge is 0.481 e. The second kappa shape index (κ2) is 17.2. The monoisotopic (exact) mass is 344 g/mol. The summed E-state index contributed by atoms with van der Waals surface area (Å²) in [5, 5.41) is 28.3. The first-order chi connectivity index (χ1) is 11.6. The van der Waals surface area contributed by atoms with E-state index in [0.717, 1.165) is 51.4 Å². The Morgan fingerprint density at radius 3 is 1.50 bits per heavy atom. The third-order valence-electron chi connectivity index (χ3n) is 4.64. The Labute approximate surface area is 148 Å². The third kappa shape index (κ3) is 17.7. The van der Waals surface area contributed by atoms with Crippen LogP contribution in [0.25, 0.3) is 0 Å². The van der Waals surface area contributed by atoms with Gasteiger partial charge < -0.3 is 15.3 Å². The van der Waals surface area contributed by atoms with Crippen molar-refractivity contribution in [2.24, 2.45) is 0 Å². The number of aliphatic hydroxyl groups is 2. The maximum Gasteiger partial charge on any atom is 0.303 e. The van der Waals surface area contributed by atoms with E-state index in [9.17, 15) is 15.0 Å². The van der Waals surface area contributed by atoms with Gasteiger partial charge in [-0.15, -0.1) is 0 Å². The average molecular weight is 345 g/mol. The second-order valence-electron chi connectivity index (χ2n) is 7.14. The molecule has 0 aromatic heterocycles. The zero-order valence-electron chi connectivity index (χ0n) is 15.7. The van der Waals surface area contributed by atoms with Crippen LogP contribution in [0, 0.1) is 0 Å². The van der Waals surface area contributed by atoms with Crippen LogP contribution in [0.3, 0.4) is 0 Å². The summed E-state index contributed by atoms with van der Waals surface area (Å²) in [6.45, 7) is 2.22. The Hall–Kier alpha value is -0.610. The molecule has 0 aromatic rings. The standard InChI is InChI=1S/C20H40O4/c1-2-3-4-5-6-8-13-18(21)14-9-7-10-15-19(22)16-11-12-17-20(23)24/h18-19,21-22H,2-17H2,1H3,(H,23,24). The summed E-state index contributed by atoms with van der Waals surface area (Å²) < 4.78 is 0. The van der Waals surface area contributed by atoms with Gasteiger partial charge in [-0.05, 0) is 32.1 Å². The second-order valence-corrected chi connectivity index (χ2v) is 7.14. The van der Waals surface area contributed by atoms with Gasteiger partial charge in [0.2, 0.25) is 0 Å². The summed E-state index contributed by atoms with van der Waals surface area (Å²) >= 11 is 0. The highest BCUT2D eigenvalue weighted by Gasteiger charge is 2.07. The van der Waals surface area contributed by atoms with Crippen LogP contribution in [0.15, 0.2) is 0 Å². The lowest BCUT2D eigenvalue weighted by Crippen LogP contribution is -2.08. The zero-order valence-corrected chi connectivity index (χ0v) is 15.7. The van der Waals surface area contributed by atoms with E-state index in [4.69, 9.17) is 5.11 Å². The molecular formula is C20H40O4. The molecule has 2 unspecified atom stereocenters. The van der Waals surface area contributed by atoms with Crippen LogP contribution in [0.4, 0.5) is 0 Å². The molecule has 24 heavy (non-hydrogen) atoms. The highest BCUT2D eigenvalue weighted by atomic mass is 16.4. The Kier molecular flexibility index (Phi) is 16.8. The van der Waals surface area contributed by atoms with Crippen molar-refractivity contribution in [2.45, 2.75) is 122 Å². The van der Waals surface area contributed by atoms with Crippen molar-refractivity contribution >= 4 is 5.97 Å². The third-order valence-corrected chi connectivity index (χ3v) is 4.64. The van der Waals surface area contributed by atoms with Crippen molar-refractivity contribution in [3.05, 3.63) is 0 Å². The van der Waals surface area contributed by atoms with Crippen molar-refractivity contribution in [2.75, 3.05) is 0 Å². The van der Waals surface area contributed by atoms with Gasteiger partial charge in [0.05, 0.1) is 12.2 Å². The molecule has 4 nitrogen and oxygen atoms in total. The minimum atomic E-state index is -0.760. The SMILES string of the molecule is CCCCCCCCC(O)CCCCCC(O)CCCCC(=O)O. The number of aliphatic carboxylic acids is 1. The van der Waals surface area contributed by atoms with E-state index in [0.29, 0.717) is 12.8 Å². The van der Waals surface area contributed by atoms with Crippen LogP contribution in [-0.2, 0) is 4.79 Å². The maximum atomic E-state index is 10.4. The lowest BCUT2D eigenvalue weighted by atomic mass is 10.0. The molecule has 0 aliphatic heterocycles. The van der Waals surface area contributed by atoms with Gasteiger partial charge in [-0.1, -0.05) is 71.1 Å². The van der Waals surface area contributed by atoms with E-state index in [1.807, 2.05) is 0 Å². The highest BCUT2D eigenvalue weighted by Crippen LogP contribution is 2.15. The van der Waals surface area contributed by atoms with Gasteiger partial charge in [-0.3, -0.25) is 4.79 Å². The number of carbonyl (C=O) groups is 1. The van der Waals surface area contributed by atoms with Gasteiger partial charge in [-0.2, -0.15) is 0 Å². The zero-order chi connectivity index (χ0) is 18.0. The molecule has 0 bridgehead atoms. The number of hydrogen-bond acceptors (Lipinski definition) is 3. The van der Waals surface area contributed by atoms with Crippen LogP contribution in [-0.4, -0.2) is 33.5 Å². The maximum absolute atomic E-state index is 10.4. The van der Waals surface area contributed by atoms with Crippen molar-refractivity contribution in [3.8, 4) is 0 Å². The number of aliphatic hydroxyl groups excluding tert-OH is 2. The molecule has 144 valence electrons. The topological polar surface area (TPSA) is 77.8 Å². The lowest BCUT2D eigenvalue weighted by Gasteiger charge is -2.12. The van der Waals surface area contributed by atoms with E-state index in [1.54, 1.807) is 0 Å². The molecule has 0 aromatic carbocycles. The molecule has 0 aliphatic carbocycles. The Morgan fingerprint density at radius 1 is 0.667 bits per heavy atom. The molecule has 0 heterocycles. The van der Waals surface area contributed by atoms with Gasteiger partial charge in [0.1, 0.15) is 0 Å².